The van der Waals surface area contributed by atoms with Gasteiger partial charge in [0.1, 0.15) is 0 Å². The molecule has 0 unspecified atom stereocenters. The fourth-order valence-corrected chi connectivity index (χ4v) is 3.78. The summed E-state index contributed by atoms with van der Waals surface area (Å²) in [5.41, 5.74) is 0.749. The van der Waals surface area contributed by atoms with E-state index in [4.69, 9.17) is 13.8 Å². The molecule has 1 aromatic heterocycles. The molecule has 5 nitrogen and oxygen atoms in total. The lowest BCUT2D eigenvalue weighted by atomic mass is 10.3. The molecule has 0 N–H and O–H groups in total. The molecule has 0 spiro atoms. The molecule has 0 amide bonds. The minimum absolute atomic E-state index is 0.174. The predicted octanol–water partition coefficient (Wildman–Crippen LogP) is 3.85. The molecule has 0 saturated carbocycles. The van der Waals surface area contributed by atoms with Crippen LogP contribution in [0.1, 0.15) is 26.3 Å². The van der Waals surface area contributed by atoms with Gasteiger partial charge < -0.3 is 13.8 Å². The van der Waals surface area contributed by atoms with Gasteiger partial charge in [-0.2, -0.15) is 0 Å². The van der Waals surface area contributed by atoms with Gasteiger partial charge in [0.15, 0.2) is 0 Å². The number of halogens is 1. The van der Waals surface area contributed by atoms with Gasteiger partial charge in [-0.25, -0.2) is 4.98 Å². The predicted molar refractivity (Wildman–Crippen MR) is 82.7 cm³/mol. The maximum Gasteiger partial charge on any atom is 0.335 e. The first-order valence-corrected chi connectivity index (χ1v) is 9.00. The lowest BCUT2D eigenvalue weighted by Crippen LogP contribution is -2.04. The van der Waals surface area contributed by atoms with Gasteiger partial charge in [0.2, 0.25) is 5.88 Å². The molecule has 0 bridgehead atoms. The Balaban J connectivity index is 3.00. The monoisotopic (exact) mass is 399 g/mol. The third-order valence-corrected chi connectivity index (χ3v) is 4.81. The highest BCUT2D eigenvalue weighted by Crippen LogP contribution is 2.52. The third-order valence-electron chi connectivity index (χ3n) is 2.19. The summed E-state index contributed by atoms with van der Waals surface area (Å²) in [5.74, 6) is 0.488. The van der Waals surface area contributed by atoms with Crippen LogP contribution in [0.25, 0.3) is 0 Å². The highest BCUT2D eigenvalue weighted by Gasteiger charge is 2.26. The SMILES string of the molecule is CCOc1ncc(I)cc1CP(=O)(OCC)OCC. The van der Waals surface area contributed by atoms with Gasteiger partial charge in [0.05, 0.1) is 26.0 Å². The van der Waals surface area contributed by atoms with Crippen molar-refractivity contribution >= 4 is 30.2 Å². The van der Waals surface area contributed by atoms with Crippen LogP contribution in [0.5, 0.6) is 5.88 Å². The Bertz CT molecular complexity index is 445. The molecule has 0 aromatic carbocycles. The molecule has 0 aliphatic heterocycles. The second-order valence-corrected chi connectivity index (χ2v) is 6.96. The number of hydrogen-bond acceptors (Lipinski definition) is 5. The molecule has 0 aliphatic carbocycles. The normalized spacial score (nSPS) is 11.6. The number of aromatic nitrogens is 1. The van der Waals surface area contributed by atoms with E-state index in [-0.39, 0.29) is 6.16 Å². The van der Waals surface area contributed by atoms with Gasteiger partial charge >= 0.3 is 7.60 Å². The Labute approximate surface area is 127 Å². The van der Waals surface area contributed by atoms with Crippen LogP contribution in [0.4, 0.5) is 0 Å². The zero-order chi connectivity index (χ0) is 14.3. The van der Waals surface area contributed by atoms with Crippen LogP contribution < -0.4 is 4.74 Å². The van der Waals surface area contributed by atoms with Crippen molar-refractivity contribution in [1.29, 1.82) is 0 Å². The van der Waals surface area contributed by atoms with Gasteiger partial charge in [-0.1, -0.05) is 0 Å². The molecule has 0 atom stereocenters. The Hall–Kier alpha value is -0.170. The van der Waals surface area contributed by atoms with Crippen molar-refractivity contribution in [3.8, 4) is 5.88 Å². The maximum atomic E-state index is 12.5. The summed E-state index contributed by atoms with van der Waals surface area (Å²) in [5, 5.41) is 0. The van der Waals surface area contributed by atoms with Crippen LogP contribution in [0.3, 0.4) is 0 Å². The van der Waals surface area contributed by atoms with Crippen molar-refractivity contribution in [2.75, 3.05) is 19.8 Å². The van der Waals surface area contributed by atoms with E-state index in [0.717, 1.165) is 9.13 Å². The van der Waals surface area contributed by atoms with E-state index >= 15 is 0 Å². The molecule has 108 valence electrons. The highest BCUT2D eigenvalue weighted by atomic mass is 127. The van der Waals surface area contributed by atoms with Crippen LogP contribution in [0.2, 0.25) is 0 Å². The molecule has 0 radical (unpaired) electrons. The summed E-state index contributed by atoms with van der Waals surface area (Å²) in [6.45, 7) is 6.67. The van der Waals surface area contributed by atoms with Crippen molar-refractivity contribution in [1.82, 2.24) is 4.98 Å². The standard InChI is InChI=1S/C12H19INO4P/c1-4-16-12-10(7-11(13)8-14-12)9-19(15,17-5-2)18-6-3/h7-8H,4-6,9H2,1-3H3. The second-order valence-electron chi connectivity index (χ2n) is 3.66. The number of pyridine rings is 1. The Kier molecular flexibility index (Phi) is 7.28. The molecule has 0 saturated heterocycles. The summed E-state index contributed by atoms with van der Waals surface area (Å²) in [7, 11) is -3.14. The Morgan fingerprint density at radius 1 is 1.21 bits per heavy atom. The van der Waals surface area contributed by atoms with Gasteiger partial charge in [-0.05, 0) is 49.4 Å². The smallest absolute Gasteiger partial charge is 0.335 e. The average molecular weight is 399 g/mol. The molecule has 19 heavy (non-hydrogen) atoms. The Morgan fingerprint density at radius 3 is 2.37 bits per heavy atom. The molecule has 1 rings (SSSR count). The molecule has 7 heteroatoms. The summed E-state index contributed by atoms with van der Waals surface area (Å²) in [6.07, 6.45) is 1.88. The molecular formula is C12H19INO4P. The lowest BCUT2D eigenvalue weighted by molar-refractivity contribution is 0.218. The summed E-state index contributed by atoms with van der Waals surface area (Å²) >= 11 is 2.16. The van der Waals surface area contributed by atoms with E-state index in [9.17, 15) is 4.57 Å². The molecule has 1 heterocycles. The summed E-state index contributed by atoms with van der Waals surface area (Å²) in [6, 6.07) is 1.89. The van der Waals surface area contributed by atoms with Gasteiger partial charge in [-0.15, -0.1) is 0 Å². The lowest BCUT2D eigenvalue weighted by Gasteiger charge is -2.18. The zero-order valence-corrected chi connectivity index (χ0v) is 14.4. The van der Waals surface area contributed by atoms with Crippen LogP contribution in [-0.4, -0.2) is 24.8 Å². The molecule has 1 aromatic rings. The zero-order valence-electron chi connectivity index (χ0n) is 11.4. The average Bonchev–Trinajstić information content (AvgIpc) is 2.33. The van der Waals surface area contributed by atoms with E-state index in [2.05, 4.69) is 27.6 Å². The first-order chi connectivity index (χ1) is 9.04. The van der Waals surface area contributed by atoms with Crippen LogP contribution >= 0.6 is 30.2 Å². The van der Waals surface area contributed by atoms with Crippen LogP contribution in [-0.2, 0) is 19.8 Å². The van der Waals surface area contributed by atoms with E-state index in [1.807, 2.05) is 13.0 Å². The van der Waals surface area contributed by atoms with Crippen LogP contribution in [0, 0.1) is 3.57 Å². The summed E-state index contributed by atoms with van der Waals surface area (Å²) < 4.78 is 29.5. The molecule has 0 aliphatic rings. The summed E-state index contributed by atoms with van der Waals surface area (Å²) in [4.78, 5) is 4.21. The number of nitrogens with zero attached hydrogens (tertiary/aromatic N) is 1. The van der Waals surface area contributed by atoms with Crippen molar-refractivity contribution in [3.05, 3.63) is 21.4 Å². The van der Waals surface area contributed by atoms with E-state index in [0.29, 0.717) is 25.7 Å². The maximum absolute atomic E-state index is 12.5. The van der Waals surface area contributed by atoms with Crippen molar-refractivity contribution in [2.45, 2.75) is 26.9 Å². The number of ether oxygens (including phenoxy) is 1. The van der Waals surface area contributed by atoms with E-state index in [1.165, 1.54) is 0 Å². The largest absolute Gasteiger partial charge is 0.478 e. The fraction of sp³-hybridized carbons (Fsp3) is 0.583. The Morgan fingerprint density at radius 2 is 1.84 bits per heavy atom. The molecular weight excluding hydrogens is 380 g/mol. The minimum atomic E-state index is -3.14. The van der Waals surface area contributed by atoms with Gasteiger partial charge in [0.25, 0.3) is 0 Å². The van der Waals surface area contributed by atoms with Gasteiger partial charge in [-0.3, -0.25) is 4.57 Å². The molecule has 0 fully saturated rings. The quantitative estimate of drug-likeness (QED) is 0.491. The fourth-order valence-electron chi connectivity index (χ4n) is 1.58. The van der Waals surface area contributed by atoms with Crippen LogP contribution in [0.15, 0.2) is 12.3 Å². The first kappa shape index (κ1) is 16.9. The van der Waals surface area contributed by atoms with Crippen molar-refractivity contribution < 1.29 is 18.3 Å². The van der Waals surface area contributed by atoms with Crippen molar-refractivity contribution in [3.63, 3.8) is 0 Å². The van der Waals surface area contributed by atoms with Crippen molar-refractivity contribution in [2.24, 2.45) is 0 Å². The highest BCUT2D eigenvalue weighted by molar-refractivity contribution is 14.1. The van der Waals surface area contributed by atoms with Gasteiger partial charge in [0, 0.05) is 15.3 Å². The number of hydrogen-bond donors (Lipinski definition) is 0. The second kappa shape index (κ2) is 8.19. The number of rotatable bonds is 8. The first-order valence-electron chi connectivity index (χ1n) is 6.20. The third kappa shape index (κ3) is 5.38. The van der Waals surface area contributed by atoms with E-state index in [1.54, 1.807) is 20.0 Å². The topological polar surface area (TPSA) is 57.7 Å². The minimum Gasteiger partial charge on any atom is -0.478 e. The van der Waals surface area contributed by atoms with E-state index < -0.39 is 7.60 Å².